The van der Waals surface area contributed by atoms with Crippen molar-refractivity contribution in [2.24, 2.45) is 0 Å². The quantitative estimate of drug-likeness (QED) is 0.786. The van der Waals surface area contributed by atoms with Gasteiger partial charge in [0.2, 0.25) is 5.78 Å². The molecule has 1 aromatic carbocycles. The Kier molecular flexibility index (Phi) is 3.19. The first-order valence-electron chi connectivity index (χ1n) is 4.74. The fourth-order valence-electron chi connectivity index (χ4n) is 1.42. The number of benzene rings is 1. The average Bonchev–Trinajstić information content (AvgIpc) is 2.81. The average molecular weight is 254 g/mol. The van der Waals surface area contributed by atoms with Gasteiger partial charge in [-0.15, -0.1) is 11.3 Å². The lowest BCUT2D eigenvalue weighted by molar-refractivity contribution is 0.103. The molecule has 0 saturated carbocycles. The van der Waals surface area contributed by atoms with Crippen LogP contribution in [0.4, 0.5) is 8.78 Å². The van der Waals surface area contributed by atoms with E-state index in [9.17, 15) is 13.6 Å². The Morgan fingerprint density at radius 3 is 2.41 bits per heavy atom. The summed E-state index contributed by atoms with van der Waals surface area (Å²) in [6, 6.07) is 5.15. The van der Waals surface area contributed by atoms with Crippen molar-refractivity contribution in [3.63, 3.8) is 0 Å². The second kappa shape index (κ2) is 4.63. The molecule has 5 heteroatoms. The number of thiophene rings is 1. The molecule has 17 heavy (non-hydrogen) atoms. The van der Waals surface area contributed by atoms with Crippen molar-refractivity contribution in [3.8, 4) is 5.75 Å². The zero-order valence-corrected chi connectivity index (χ0v) is 9.68. The molecular weight excluding hydrogens is 246 g/mol. The van der Waals surface area contributed by atoms with E-state index in [1.165, 1.54) is 13.2 Å². The van der Waals surface area contributed by atoms with Gasteiger partial charge >= 0.3 is 0 Å². The topological polar surface area (TPSA) is 26.3 Å². The molecule has 0 saturated heterocycles. The number of rotatable bonds is 3. The first-order valence-corrected chi connectivity index (χ1v) is 5.62. The third kappa shape index (κ3) is 2.19. The van der Waals surface area contributed by atoms with Crippen molar-refractivity contribution in [1.82, 2.24) is 0 Å². The smallest absolute Gasteiger partial charge is 0.208 e. The van der Waals surface area contributed by atoms with Gasteiger partial charge in [-0.3, -0.25) is 4.79 Å². The summed E-state index contributed by atoms with van der Waals surface area (Å²) in [5, 5.41) is 1.67. The number of ketones is 1. The van der Waals surface area contributed by atoms with E-state index in [0.717, 1.165) is 23.5 Å². The van der Waals surface area contributed by atoms with Gasteiger partial charge in [0.1, 0.15) is 17.4 Å². The second-order valence-corrected chi connectivity index (χ2v) is 4.22. The van der Waals surface area contributed by atoms with Crippen molar-refractivity contribution >= 4 is 17.1 Å². The van der Waals surface area contributed by atoms with Gasteiger partial charge in [0.25, 0.3) is 0 Å². The van der Waals surface area contributed by atoms with Crippen molar-refractivity contribution in [2.45, 2.75) is 0 Å². The summed E-state index contributed by atoms with van der Waals surface area (Å²) in [4.78, 5) is 12.1. The van der Waals surface area contributed by atoms with Crippen molar-refractivity contribution in [2.75, 3.05) is 7.11 Å². The Labute approximate surface area is 100 Å². The highest BCUT2D eigenvalue weighted by atomic mass is 32.1. The van der Waals surface area contributed by atoms with Crippen LogP contribution >= 0.6 is 11.3 Å². The van der Waals surface area contributed by atoms with Crippen LogP contribution in [0.2, 0.25) is 0 Å². The van der Waals surface area contributed by atoms with Crippen LogP contribution in [-0.4, -0.2) is 12.9 Å². The molecule has 0 unspecified atom stereocenters. The highest BCUT2D eigenvalue weighted by Gasteiger charge is 2.21. The zero-order valence-electron chi connectivity index (χ0n) is 8.87. The lowest BCUT2D eigenvalue weighted by Gasteiger charge is -2.05. The number of halogens is 2. The minimum atomic E-state index is -0.916. The van der Waals surface area contributed by atoms with Crippen molar-refractivity contribution in [3.05, 3.63) is 51.7 Å². The summed E-state index contributed by atoms with van der Waals surface area (Å²) in [5.41, 5.74) is -0.548. The molecule has 0 aliphatic rings. The highest BCUT2D eigenvalue weighted by Crippen LogP contribution is 2.24. The van der Waals surface area contributed by atoms with Gasteiger partial charge in [0.15, 0.2) is 0 Å². The molecule has 0 aliphatic carbocycles. The van der Waals surface area contributed by atoms with E-state index < -0.39 is 23.0 Å². The molecule has 0 bridgehead atoms. The Hall–Kier alpha value is -1.75. The first-order chi connectivity index (χ1) is 8.13. The van der Waals surface area contributed by atoms with Crippen LogP contribution in [0.25, 0.3) is 0 Å². The second-order valence-electron chi connectivity index (χ2n) is 3.27. The van der Waals surface area contributed by atoms with E-state index in [1.807, 2.05) is 0 Å². The summed E-state index contributed by atoms with van der Waals surface area (Å²) in [5.74, 6) is -2.44. The predicted octanol–water partition coefficient (Wildman–Crippen LogP) is 3.27. The molecule has 1 aromatic heterocycles. The maximum atomic E-state index is 13.6. The minimum Gasteiger partial charge on any atom is -0.497 e. The maximum Gasteiger partial charge on any atom is 0.208 e. The third-order valence-corrected chi connectivity index (χ3v) is 3.09. The van der Waals surface area contributed by atoms with Crippen LogP contribution in [0.1, 0.15) is 15.2 Å². The molecule has 2 rings (SSSR count). The van der Waals surface area contributed by atoms with Crippen molar-refractivity contribution < 1.29 is 18.3 Å². The molecule has 0 atom stereocenters. The molecule has 2 aromatic rings. The molecular formula is C12H8F2O2S. The number of carbonyl (C=O) groups is 1. The van der Waals surface area contributed by atoms with Crippen molar-refractivity contribution in [1.29, 1.82) is 0 Å². The molecule has 0 fully saturated rings. The number of hydrogen-bond donors (Lipinski definition) is 0. The van der Waals surface area contributed by atoms with Gasteiger partial charge in [0.05, 0.1) is 17.6 Å². The number of hydrogen-bond acceptors (Lipinski definition) is 3. The van der Waals surface area contributed by atoms with Crippen LogP contribution < -0.4 is 4.74 Å². The predicted molar refractivity (Wildman–Crippen MR) is 60.7 cm³/mol. The fourth-order valence-corrected chi connectivity index (χ4v) is 2.09. The standard InChI is InChI=1S/C12H8F2O2S/c1-16-7-5-8(13)11(9(14)6-7)12(15)10-3-2-4-17-10/h2-6H,1H3. The lowest BCUT2D eigenvalue weighted by atomic mass is 10.1. The molecule has 0 aliphatic heterocycles. The van der Waals surface area contributed by atoms with Crippen LogP contribution in [0.3, 0.4) is 0 Å². The Morgan fingerprint density at radius 1 is 1.29 bits per heavy atom. The molecule has 1 heterocycles. The van der Waals surface area contributed by atoms with E-state index >= 15 is 0 Å². The van der Waals surface area contributed by atoms with Gasteiger partial charge in [-0.25, -0.2) is 8.78 Å². The Balaban J connectivity index is 2.49. The SMILES string of the molecule is COc1cc(F)c(C(=O)c2cccs2)c(F)c1. The Morgan fingerprint density at radius 2 is 1.94 bits per heavy atom. The molecule has 0 N–H and O–H groups in total. The van der Waals surface area contributed by atoms with Crippen LogP contribution in [0.15, 0.2) is 29.6 Å². The van der Waals surface area contributed by atoms with E-state index in [2.05, 4.69) is 0 Å². The van der Waals surface area contributed by atoms with E-state index in [4.69, 9.17) is 4.74 Å². The summed E-state index contributed by atoms with van der Waals surface area (Å²) in [6.45, 7) is 0. The van der Waals surface area contributed by atoms with Gasteiger partial charge in [-0.2, -0.15) is 0 Å². The van der Waals surface area contributed by atoms with Gasteiger partial charge < -0.3 is 4.74 Å². The first kappa shape index (κ1) is 11.7. The summed E-state index contributed by atoms with van der Waals surface area (Å²) in [6.07, 6.45) is 0. The van der Waals surface area contributed by atoms with Crippen LogP contribution in [0, 0.1) is 11.6 Å². The fraction of sp³-hybridized carbons (Fsp3) is 0.0833. The van der Waals surface area contributed by atoms with E-state index in [1.54, 1.807) is 11.4 Å². The normalized spacial score (nSPS) is 10.3. The van der Waals surface area contributed by atoms with E-state index in [0.29, 0.717) is 4.88 Å². The molecule has 0 radical (unpaired) electrons. The number of methoxy groups -OCH3 is 1. The van der Waals surface area contributed by atoms with Gasteiger partial charge in [0, 0.05) is 12.1 Å². The summed E-state index contributed by atoms with van der Waals surface area (Å²) >= 11 is 1.14. The van der Waals surface area contributed by atoms with Crippen LogP contribution in [0.5, 0.6) is 5.75 Å². The lowest BCUT2D eigenvalue weighted by Crippen LogP contribution is -2.06. The van der Waals surface area contributed by atoms with Gasteiger partial charge in [-0.05, 0) is 11.4 Å². The number of carbonyl (C=O) groups excluding carboxylic acids is 1. The largest absolute Gasteiger partial charge is 0.497 e. The monoisotopic (exact) mass is 254 g/mol. The maximum absolute atomic E-state index is 13.6. The van der Waals surface area contributed by atoms with Gasteiger partial charge in [-0.1, -0.05) is 6.07 Å². The van der Waals surface area contributed by atoms with E-state index in [-0.39, 0.29) is 5.75 Å². The summed E-state index contributed by atoms with van der Waals surface area (Å²) in [7, 11) is 1.30. The highest BCUT2D eigenvalue weighted by molar-refractivity contribution is 7.12. The third-order valence-electron chi connectivity index (χ3n) is 2.22. The zero-order chi connectivity index (χ0) is 12.4. The molecule has 0 spiro atoms. The minimum absolute atomic E-state index is 0.0442. The summed E-state index contributed by atoms with van der Waals surface area (Å²) < 4.78 is 31.9. The number of ether oxygens (including phenoxy) is 1. The molecule has 2 nitrogen and oxygen atoms in total. The van der Waals surface area contributed by atoms with Crippen LogP contribution in [-0.2, 0) is 0 Å². The Bertz CT molecular complexity index is 527. The molecule has 0 amide bonds. The molecule has 88 valence electrons.